The Morgan fingerprint density at radius 2 is 1.93 bits per heavy atom. The maximum Gasteiger partial charge on any atom is 0.138 e. The Hall–Kier alpha value is -1.23. The fourth-order valence-corrected chi connectivity index (χ4v) is 6.66. The van der Waals surface area contributed by atoms with Crippen LogP contribution < -0.4 is 0 Å². The van der Waals surface area contributed by atoms with E-state index in [0.29, 0.717) is 30.6 Å². The molecule has 1 aromatic carbocycles. The van der Waals surface area contributed by atoms with Gasteiger partial charge in [0, 0.05) is 24.7 Å². The average Bonchev–Trinajstić information content (AvgIpc) is 3.19. The molecule has 8 atom stereocenters. The zero-order chi connectivity index (χ0) is 21.1. The van der Waals surface area contributed by atoms with Gasteiger partial charge in [0.05, 0.1) is 36.1 Å². The van der Waals surface area contributed by atoms with Crippen LogP contribution >= 0.6 is 0 Å². The molecule has 4 aliphatic rings. The molecule has 0 spiro atoms. The van der Waals surface area contributed by atoms with E-state index >= 15 is 0 Å². The van der Waals surface area contributed by atoms with E-state index in [0.717, 1.165) is 25.7 Å². The van der Waals surface area contributed by atoms with E-state index in [1.54, 1.807) is 0 Å². The largest absolute Gasteiger partial charge is 0.371 e. The molecule has 0 radical (unpaired) electrons. The van der Waals surface area contributed by atoms with Crippen molar-refractivity contribution in [1.82, 2.24) is 0 Å². The van der Waals surface area contributed by atoms with E-state index in [-0.39, 0.29) is 35.7 Å². The van der Waals surface area contributed by atoms with Gasteiger partial charge in [-0.05, 0) is 50.5 Å². The number of epoxide rings is 1. The fourth-order valence-electron chi connectivity index (χ4n) is 6.66. The lowest BCUT2D eigenvalue weighted by molar-refractivity contribution is -0.160. The van der Waals surface area contributed by atoms with Gasteiger partial charge >= 0.3 is 0 Å². The molecule has 1 aromatic rings. The molecule has 0 N–H and O–H groups in total. The molecule has 3 heterocycles. The van der Waals surface area contributed by atoms with Gasteiger partial charge in [-0.1, -0.05) is 44.2 Å². The molecule has 0 unspecified atom stereocenters. The SMILES string of the molecule is CC(C)[C@H]1CCC(=O)[C@H]2[C@@H]1[C@H]1O[C@@H]2C[C@]2(C)O[C@@H]2CC[C@@]1(C)OCc1ccccc1. The van der Waals surface area contributed by atoms with Crippen molar-refractivity contribution in [2.24, 2.45) is 23.7 Å². The Labute approximate surface area is 180 Å². The van der Waals surface area contributed by atoms with Crippen LogP contribution in [0.4, 0.5) is 0 Å². The maximum atomic E-state index is 13.2. The minimum absolute atomic E-state index is 0.00410. The third kappa shape index (κ3) is 3.45. The summed E-state index contributed by atoms with van der Waals surface area (Å²) < 4.78 is 19.6. The van der Waals surface area contributed by atoms with Gasteiger partial charge < -0.3 is 14.2 Å². The van der Waals surface area contributed by atoms with Gasteiger partial charge in [-0.3, -0.25) is 4.79 Å². The van der Waals surface area contributed by atoms with Crippen LogP contribution in [0.15, 0.2) is 30.3 Å². The van der Waals surface area contributed by atoms with Crippen molar-refractivity contribution in [3.63, 3.8) is 0 Å². The number of hydrogen-bond acceptors (Lipinski definition) is 4. The summed E-state index contributed by atoms with van der Waals surface area (Å²) >= 11 is 0. The van der Waals surface area contributed by atoms with Gasteiger partial charge in [0.1, 0.15) is 5.78 Å². The summed E-state index contributed by atoms with van der Waals surface area (Å²) in [5.41, 5.74) is 0.618. The van der Waals surface area contributed by atoms with Gasteiger partial charge in [-0.2, -0.15) is 0 Å². The van der Waals surface area contributed by atoms with Crippen LogP contribution in [0.2, 0.25) is 0 Å². The van der Waals surface area contributed by atoms with Crippen molar-refractivity contribution < 1.29 is 19.0 Å². The Balaban J connectivity index is 1.49. The van der Waals surface area contributed by atoms with Crippen LogP contribution in [0.25, 0.3) is 0 Å². The number of Topliss-reactive ketones (excluding diaryl/α,β-unsaturated/α-hetero) is 1. The summed E-state index contributed by atoms with van der Waals surface area (Å²) in [6, 6.07) is 10.4. The summed E-state index contributed by atoms with van der Waals surface area (Å²) in [6.07, 6.45) is 4.59. The van der Waals surface area contributed by atoms with Gasteiger partial charge in [0.25, 0.3) is 0 Å². The van der Waals surface area contributed by atoms with Crippen molar-refractivity contribution >= 4 is 5.78 Å². The van der Waals surface area contributed by atoms with Crippen molar-refractivity contribution in [1.29, 1.82) is 0 Å². The molecular weight excluding hydrogens is 376 g/mol. The fraction of sp³-hybridized carbons (Fsp3) is 0.731. The highest BCUT2D eigenvalue weighted by Gasteiger charge is 2.64. The van der Waals surface area contributed by atoms with Crippen LogP contribution in [-0.2, 0) is 25.6 Å². The Morgan fingerprint density at radius 3 is 2.67 bits per heavy atom. The minimum Gasteiger partial charge on any atom is -0.371 e. The normalized spacial score (nSPS) is 45.3. The van der Waals surface area contributed by atoms with Crippen LogP contribution in [0.5, 0.6) is 0 Å². The maximum absolute atomic E-state index is 13.2. The average molecular weight is 413 g/mol. The number of rotatable bonds is 4. The summed E-state index contributed by atoms with van der Waals surface area (Å²) in [7, 11) is 0. The molecule has 0 amide bonds. The molecule has 164 valence electrons. The summed E-state index contributed by atoms with van der Waals surface area (Å²) in [6.45, 7) is 9.60. The molecule has 4 nitrogen and oxygen atoms in total. The lowest BCUT2D eigenvalue weighted by Crippen LogP contribution is -2.51. The number of carbonyl (C=O) groups excluding carboxylic acids is 1. The molecule has 0 aromatic heterocycles. The van der Waals surface area contributed by atoms with Crippen molar-refractivity contribution in [2.45, 2.75) is 95.9 Å². The monoisotopic (exact) mass is 412 g/mol. The van der Waals surface area contributed by atoms with Gasteiger partial charge in [0.15, 0.2) is 0 Å². The third-order valence-electron chi connectivity index (χ3n) is 8.49. The summed E-state index contributed by atoms with van der Waals surface area (Å²) in [5.74, 6) is 1.69. The molecule has 1 saturated carbocycles. The first-order valence-corrected chi connectivity index (χ1v) is 11.8. The second kappa shape index (κ2) is 7.43. The molecular formula is C26H36O4. The van der Waals surface area contributed by atoms with Crippen LogP contribution in [0, 0.1) is 23.7 Å². The summed E-state index contributed by atoms with van der Waals surface area (Å²) in [4.78, 5) is 13.2. The number of carbonyl (C=O) groups is 1. The molecule has 4 fully saturated rings. The van der Waals surface area contributed by atoms with Gasteiger partial charge in [0.2, 0.25) is 0 Å². The predicted octanol–water partition coefficient (Wildman–Crippen LogP) is 4.94. The van der Waals surface area contributed by atoms with E-state index in [2.05, 4.69) is 52.0 Å². The molecule has 3 saturated heterocycles. The van der Waals surface area contributed by atoms with E-state index in [1.165, 1.54) is 5.56 Å². The van der Waals surface area contributed by atoms with Crippen molar-refractivity contribution in [3.05, 3.63) is 35.9 Å². The number of ketones is 1. The number of hydrogen-bond donors (Lipinski definition) is 0. The zero-order valence-corrected chi connectivity index (χ0v) is 18.8. The first-order valence-electron chi connectivity index (χ1n) is 11.8. The minimum atomic E-state index is -0.421. The van der Waals surface area contributed by atoms with E-state index in [1.807, 2.05) is 6.07 Å². The molecule has 4 heteroatoms. The molecule has 5 rings (SSSR count). The van der Waals surface area contributed by atoms with Crippen molar-refractivity contribution in [2.75, 3.05) is 0 Å². The van der Waals surface area contributed by atoms with E-state index < -0.39 is 5.60 Å². The molecule has 30 heavy (non-hydrogen) atoms. The Morgan fingerprint density at radius 1 is 1.17 bits per heavy atom. The van der Waals surface area contributed by atoms with Crippen molar-refractivity contribution in [3.8, 4) is 0 Å². The van der Waals surface area contributed by atoms with Crippen LogP contribution in [0.1, 0.15) is 65.4 Å². The van der Waals surface area contributed by atoms with E-state index in [9.17, 15) is 4.79 Å². The standard InChI is InChI=1S/C26H36O4/c1-16(2)18-10-11-19(27)23-20-14-26(4)21(30-26)12-13-25(3,24(29-20)22(18)23)28-15-17-8-6-5-7-9-17/h5-9,16,18,20-24H,10-15H2,1-4H3/t18-,20-,21-,22-,23-,24-,25-,26+/m1/s1. The predicted molar refractivity (Wildman–Crippen MR) is 115 cm³/mol. The first-order chi connectivity index (χ1) is 14.3. The molecule has 3 aliphatic heterocycles. The quantitative estimate of drug-likeness (QED) is 0.658. The number of ether oxygens (including phenoxy) is 3. The Kier molecular flexibility index (Phi) is 5.11. The second-order valence-corrected chi connectivity index (χ2v) is 10.9. The highest BCUT2D eigenvalue weighted by atomic mass is 16.6. The second-order valence-electron chi connectivity index (χ2n) is 10.9. The molecule has 1 aliphatic carbocycles. The van der Waals surface area contributed by atoms with Gasteiger partial charge in [-0.15, -0.1) is 0 Å². The first kappa shape index (κ1) is 20.7. The zero-order valence-electron chi connectivity index (χ0n) is 18.8. The topological polar surface area (TPSA) is 48.1 Å². The van der Waals surface area contributed by atoms with Crippen LogP contribution in [0.3, 0.4) is 0 Å². The number of fused-ring (bicyclic) bond motifs is 6. The third-order valence-corrected chi connectivity index (χ3v) is 8.49. The van der Waals surface area contributed by atoms with Crippen LogP contribution in [-0.4, -0.2) is 35.3 Å². The highest BCUT2D eigenvalue weighted by molar-refractivity contribution is 5.83. The number of benzene rings is 1. The van der Waals surface area contributed by atoms with Gasteiger partial charge in [-0.25, -0.2) is 0 Å². The Bertz CT molecular complexity index is 791. The molecule has 2 bridgehead atoms. The lowest BCUT2D eigenvalue weighted by Gasteiger charge is -2.44. The lowest BCUT2D eigenvalue weighted by atomic mass is 9.62. The highest BCUT2D eigenvalue weighted by Crippen LogP contribution is 2.56. The summed E-state index contributed by atoms with van der Waals surface area (Å²) in [5, 5.41) is 0. The smallest absolute Gasteiger partial charge is 0.138 e. The van der Waals surface area contributed by atoms with E-state index in [4.69, 9.17) is 14.2 Å².